The van der Waals surface area contributed by atoms with Crippen molar-refractivity contribution in [3.8, 4) is 0 Å². The molecule has 2 atom stereocenters. The van der Waals surface area contributed by atoms with Gasteiger partial charge in [0.25, 0.3) is 0 Å². The van der Waals surface area contributed by atoms with Gasteiger partial charge in [-0.15, -0.1) is 0 Å². The molecule has 0 fully saturated rings. The lowest BCUT2D eigenvalue weighted by Crippen LogP contribution is -2.47. The third-order valence-electron chi connectivity index (χ3n) is 2.55. The van der Waals surface area contributed by atoms with Gasteiger partial charge in [-0.25, -0.2) is 14.6 Å². The molecule has 0 aliphatic rings. The van der Waals surface area contributed by atoms with Crippen LogP contribution in [0.15, 0.2) is 12.4 Å². The van der Waals surface area contributed by atoms with Crippen LogP contribution in [0, 0.1) is 0 Å². The molecule has 0 spiro atoms. The highest BCUT2D eigenvalue weighted by molar-refractivity contribution is 5.86. The fourth-order valence-electron chi connectivity index (χ4n) is 1.56. The average Bonchev–Trinajstić information content (AvgIpc) is 2.88. The minimum absolute atomic E-state index is 0.413. The van der Waals surface area contributed by atoms with E-state index in [0.29, 0.717) is 12.2 Å². The summed E-state index contributed by atoms with van der Waals surface area (Å²) in [7, 11) is 0. The van der Waals surface area contributed by atoms with Crippen molar-refractivity contribution >= 4 is 18.0 Å². The summed E-state index contributed by atoms with van der Waals surface area (Å²) in [5.74, 6) is -2.18. The van der Waals surface area contributed by atoms with Crippen LogP contribution in [0.3, 0.4) is 0 Å². The number of nitrogens with zero attached hydrogens (tertiary/aromatic N) is 1. The van der Waals surface area contributed by atoms with Gasteiger partial charge in [0.2, 0.25) is 0 Å². The van der Waals surface area contributed by atoms with Crippen LogP contribution < -0.4 is 10.6 Å². The van der Waals surface area contributed by atoms with E-state index in [1.165, 1.54) is 6.20 Å². The average molecular weight is 284 g/mol. The van der Waals surface area contributed by atoms with E-state index in [9.17, 15) is 14.4 Å². The van der Waals surface area contributed by atoms with Crippen molar-refractivity contribution < 1.29 is 24.6 Å². The first kappa shape index (κ1) is 15.5. The number of hydrogen-bond acceptors (Lipinski definition) is 4. The molecule has 0 aliphatic heterocycles. The maximum Gasteiger partial charge on any atom is 0.326 e. The first-order valence-corrected chi connectivity index (χ1v) is 5.95. The smallest absolute Gasteiger partial charge is 0.326 e. The fraction of sp³-hybridized carbons (Fsp3) is 0.455. The molecule has 0 bridgehead atoms. The van der Waals surface area contributed by atoms with Crippen LogP contribution in [0.2, 0.25) is 0 Å². The van der Waals surface area contributed by atoms with Gasteiger partial charge < -0.3 is 25.8 Å². The molecule has 5 N–H and O–H groups in total. The number of aromatic nitrogens is 2. The van der Waals surface area contributed by atoms with Gasteiger partial charge in [0.15, 0.2) is 0 Å². The standard InChI is InChI=1S/C11H16N4O5/c1-2-6(9-12-3-4-13-9)14-11(20)15-7(10(18)19)5-8(16)17/h3-4,6-7H,2,5H2,1H3,(H,12,13)(H,16,17)(H,18,19)(H2,14,15,20)/t6?,7-/m0/s1. The minimum Gasteiger partial charge on any atom is -0.481 e. The summed E-state index contributed by atoms with van der Waals surface area (Å²) in [6.45, 7) is 1.82. The molecular weight excluding hydrogens is 268 g/mol. The zero-order valence-electron chi connectivity index (χ0n) is 10.8. The van der Waals surface area contributed by atoms with Gasteiger partial charge in [-0.3, -0.25) is 4.79 Å². The van der Waals surface area contributed by atoms with Crippen LogP contribution in [0.5, 0.6) is 0 Å². The number of imidazole rings is 1. The Balaban J connectivity index is 2.60. The zero-order valence-corrected chi connectivity index (χ0v) is 10.8. The SMILES string of the molecule is CCC(NC(=O)N[C@@H](CC(=O)O)C(=O)O)c1ncc[nH]1. The number of carbonyl (C=O) groups excluding carboxylic acids is 1. The third-order valence-corrected chi connectivity index (χ3v) is 2.55. The minimum atomic E-state index is -1.48. The molecule has 0 aromatic carbocycles. The molecule has 1 unspecified atom stereocenters. The topological polar surface area (TPSA) is 144 Å². The summed E-state index contributed by atoms with van der Waals surface area (Å²) < 4.78 is 0. The highest BCUT2D eigenvalue weighted by atomic mass is 16.4. The molecule has 0 aliphatic carbocycles. The summed E-state index contributed by atoms with van der Waals surface area (Å²) in [6.07, 6.45) is 2.97. The Morgan fingerprint density at radius 3 is 2.50 bits per heavy atom. The van der Waals surface area contributed by atoms with Crippen LogP contribution in [-0.2, 0) is 9.59 Å². The number of urea groups is 1. The second-order valence-electron chi connectivity index (χ2n) is 4.04. The molecule has 20 heavy (non-hydrogen) atoms. The number of aromatic amines is 1. The summed E-state index contributed by atoms with van der Waals surface area (Å²) in [4.78, 5) is 39.9. The number of amides is 2. The second kappa shape index (κ2) is 7.12. The van der Waals surface area contributed by atoms with Crippen molar-refractivity contribution in [2.45, 2.75) is 31.8 Å². The van der Waals surface area contributed by atoms with Crippen molar-refractivity contribution in [3.63, 3.8) is 0 Å². The predicted molar refractivity (Wildman–Crippen MR) is 67.0 cm³/mol. The fourth-order valence-corrected chi connectivity index (χ4v) is 1.56. The summed E-state index contributed by atoms with van der Waals surface area (Å²) in [5.41, 5.74) is 0. The molecule has 1 heterocycles. The molecule has 9 heteroatoms. The lowest BCUT2D eigenvalue weighted by Gasteiger charge is -2.18. The van der Waals surface area contributed by atoms with E-state index < -0.39 is 36.5 Å². The molecule has 0 saturated heterocycles. The Morgan fingerprint density at radius 1 is 1.35 bits per heavy atom. The van der Waals surface area contributed by atoms with Gasteiger partial charge in [-0.1, -0.05) is 6.92 Å². The van der Waals surface area contributed by atoms with E-state index in [1.807, 2.05) is 6.92 Å². The number of carbonyl (C=O) groups is 3. The van der Waals surface area contributed by atoms with Crippen molar-refractivity contribution in [2.75, 3.05) is 0 Å². The van der Waals surface area contributed by atoms with E-state index in [0.717, 1.165) is 0 Å². The van der Waals surface area contributed by atoms with Gasteiger partial charge in [-0.2, -0.15) is 0 Å². The van der Waals surface area contributed by atoms with Crippen molar-refractivity contribution in [2.24, 2.45) is 0 Å². The molecule has 9 nitrogen and oxygen atoms in total. The van der Waals surface area contributed by atoms with Crippen molar-refractivity contribution in [1.29, 1.82) is 0 Å². The first-order chi connectivity index (χ1) is 9.43. The molecule has 2 amide bonds. The monoisotopic (exact) mass is 284 g/mol. The van der Waals surface area contributed by atoms with Crippen molar-refractivity contribution in [1.82, 2.24) is 20.6 Å². The number of carboxylic acid groups (broad SMARTS) is 2. The number of rotatable bonds is 7. The Bertz CT molecular complexity index is 473. The number of aliphatic carboxylic acids is 2. The highest BCUT2D eigenvalue weighted by Crippen LogP contribution is 2.10. The lowest BCUT2D eigenvalue weighted by atomic mass is 10.2. The van der Waals surface area contributed by atoms with Gasteiger partial charge in [0.05, 0.1) is 12.5 Å². The quantitative estimate of drug-likeness (QED) is 0.479. The van der Waals surface area contributed by atoms with Gasteiger partial charge in [0, 0.05) is 12.4 Å². The number of carboxylic acids is 2. The van der Waals surface area contributed by atoms with Crippen molar-refractivity contribution in [3.05, 3.63) is 18.2 Å². The van der Waals surface area contributed by atoms with Gasteiger partial charge in [0.1, 0.15) is 11.9 Å². The van der Waals surface area contributed by atoms with Gasteiger partial charge >= 0.3 is 18.0 Å². The lowest BCUT2D eigenvalue weighted by molar-refractivity contribution is -0.145. The van der Waals surface area contributed by atoms with E-state index >= 15 is 0 Å². The summed E-state index contributed by atoms with van der Waals surface area (Å²) >= 11 is 0. The van der Waals surface area contributed by atoms with E-state index in [1.54, 1.807) is 6.20 Å². The maximum absolute atomic E-state index is 11.7. The van der Waals surface area contributed by atoms with Crippen LogP contribution in [-0.4, -0.2) is 44.2 Å². The molecule has 1 rings (SSSR count). The summed E-state index contributed by atoms with van der Waals surface area (Å²) in [6, 6.07) is -2.66. The van der Waals surface area contributed by atoms with E-state index in [2.05, 4.69) is 20.6 Å². The third kappa shape index (κ3) is 4.59. The zero-order chi connectivity index (χ0) is 15.1. The van der Waals surface area contributed by atoms with Crippen LogP contribution >= 0.6 is 0 Å². The molecule has 1 aromatic rings. The second-order valence-corrected chi connectivity index (χ2v) is 4.04. The highest BCUT2D eigenvalue weighted by Gasteiger charge is 2.24. The molecule has 0 saturated carbocycles. The van der Waals surface area contributed by atoms with E-state index in [-0.39, 0.29) is 0 Å². The largest absolute Gasteiger partial charge is 0.481 e. The van der Waals surface area contributed by atoms with Gasteiger partial charge in [-0.05, 0) is 6.42 Å². The Hall–Kier alpha value is -2.58. The molecular formula is C11H16N4O5. The Morgan fingerprint density at radius 2 is 2.05 bits per heavy atom. The van der Waals surface area contributed by atoms with Crippen LogP contribution in [0.25, 0.3) is 0 Å². The maximum atomic E-state index is 11.7. The van der Waals surface area contributed by atoms with Crippen LogP contribution in [0.1, 0.15) is 31.6 Å². The van der Waals surface area contributed by atoms with Crippen LogP contribution in [0.4, 0.5) is 4.79 Å². The molecule has 110 valence electrons. The normalized spacial score (nSPS) is 13.2. The molecule has 1 aromatic heterocycles. The number of H-pyrrole nitrogens is 1. The predicted octanol–water partition coefficient (Wildman–Crippen LogP) is 0.0879. The summed E-state index contributed by atoms with van der Waals surface area (Å²) in [5, 5.41) is 22.0. The first-order valence-electron chi connectivity index (χ1n) is 5.95. The Kier molecular flexibility index (Phi) is 5.51. The number of nitrogens with one attached hydrogen (secondary N) is 3. The van der Waals surface area contributed by atoms with E-state index in [4.69, 9.17) is 10.2 Å². The Labute approximate surface area is 114 Å². The number of hydrogen-bond donors (Lipinski definition) is 5. The molecule has 0 radical (unpaired) electrons.